The standard InChI is InChI=1S/C8H5F3N2O6/c9-8(10,11)19-4-1-3(2-5(14)15)7(16)12-6(4)13(17)18/h1H,2H2,(H,12,16)(H,14,15). The van der Waals surface area contributed by atoms with E-state index < -0.39 is 46.4 Å². The molecule has 0 saturated heterocycles. The van der Waals surface area contributed by atoms with Gasteiger partial charge in [0.05, 0.1) is 12.0 Å². The molecule has 1 rings (SSSR count). The lowest BCUT2D eigenvalue weighted by Crippen LogP contribution is -2.22. The second kappa shape index (κ2) is 4.96. The van der Waals surface area contributed by atoms with Gasteiger partial charge in [-0.15, -0.1) is 13.2 Å². The van der Waals surface area contributed by atoms with Crippen molar-refractivity contribution in [3.63, 3.8) is 0 Å². The number of carboxylic acids is 1. The van der Waals surface area contributed by atoms with E-state index in [1.807, 2.05) is 0 Å². The first-order chi connectivity index (χ1) is 8.60. The Hall–Kier alpha value is -2.59. The second-order valence-electron chi connectivity index (χ2n) is 3.21. The van der Waals surface area contributed by atoms with Crippen LogP contribution in [-0.2, 0) is 11.2 Å². The molecule has 0 atom stereocenters. The van der Waals surface area contributed by atoms with E-state index >= 15 is 0 Å². The predicted molar refractivity (Wildman–Crippen MR) is 51.7 cm³/mol. The number of aromatic amines is 1. The molecular weight excluding hydrogens is 277 g/mol. The third-order valence-corrected chi connectivity index (χ3v) is 1.81. The van der Waals surface area contributed by atoms with Crippen LogP contribution in [-0.4, -0.2) is 27.3 Å². The Morgan fingerprint density at radius 3 is 2.53 bits per heavy atom. The molecule has 0 aromatic carbocycles. The smallest absolute Gasteiger partial charge is 0.481 e. The fourth-order valence-corrected chi connectivity index (χ4v) is 1.17. The summed E-state index contributed by atoms with van der Waals surface area (Å²) in [6.45, 7) is 0. The van der Waals surface area contributed by atoms with Crippen LogP contribution in [0.3, 0.4) is 0 Å². The Morgan fingerprint density at radius 2 is 2.11 bits per heavy atom. The van der Waals surface area contributed by atoms with Gasteiger partial charge in [0, 0.05) is 6.07 Å². The maximum Gasteiger partial charge on any atom is 0.573 e. The number of nitrogens with zero attached hydrogens (tertiary/aromatic N) is 1. The number of nitrogens with one attached hydrogen (secondary N) is 1. The summed E-state index contributed by atoms with van der Waals surface area (Å²) < 4.78 is 39.4. The van der Waals surface area contributed by atoms with E-state index in [1.165, 1.54) is 4.98 Å². The van der Waals surface area contributed by atoms with Crippen molar-refractivity contribution in [3.8, 4) is 5.75 Å². The highest BCUT2D eigenvalue weighted by molar-refractivity contribution is 5.70. The van der Waals surface area contributed by atoms with Crippen LogP contribution in [0, 0.1) is 10.1 Å². The molecule has 0 aliphatic carbocycles. The molecule has 0 aliphatic heterocycles. The van der Waals surface area contributed by atoms with Gasteiger partial charge < -0.3 is 20.0 Å². The minimum absolute atomic E-state index is 0.374. The molecule has 0 saturated carbocycles. The van der Waals surface area contributed by atoms with Crippen molar-refractivity contribution >= 4 is 11.8 Å². The third-order valence-electron chi connectivity index (χ3n) is 1.81. The zero-order valence-electron chi connectivity index (χ0n) is 8.85. The molecular formula is C8H5F3N2O6. The van der Waals surface area contributed by atoms with Crippen LogP contribution in [0.4, 0.5) is 19.0 Å². The highest BCUT2D eigenvalue weighted by Crippen LogP contribution is 2.29. The van der Waals surface area contributed by atoms with E-state index in [2.05, 4.69) is 4.74 Å². The highest BCUT2D eigenvalue weighted by Gasteiger charge is 2.35. The van der Waals surface area contributed by atoms with Crippen molar-refractivity contribution in [2.75, 3.05) is 0 Å². The van der Waals surface area contributed by atoms with Crippen LogP contribution in [0.25, 0.3) is 0 Å². The molecule has 1 aromatic heterocycles. The summed E-state index contributed by atoms with van der Waals surface area (Å²) >= 11 is 0. The topological polar surface area (TPSA) is 123 Å². The summed E-state index contributed by atoms with van der Waals surface area (Å²) in [7, 11) is 0. The number of hydrogen-bond donors (Lipinski definition) is 2. The van der Waals surface area contributed by atoms with E-state index in [4.69, 9.17) is 5.11 Å². The van der Waals surface area contributed by atoms with Crippen LogP contribution >= 0.6 is 0 Å². The zero-order valence-corrected chi connectivity index (χ0v) is 8.85. The van der Waals surface area contributed by atoms with E-state index in [0.717, 1.165) is 0 Å². The van der Waals surface area contributed by atoms with Crippen LogP contribution in [0.5, 0.6) is 5.75 Å². The number of carbonyl (C=O) groups is 1. The van der Waals surface area contributed by atoms with E-state index in [-0.39, 0.29) is 0 Å². The van der Waals surface area contributed by atoms with Gasteiger partial charge in [0.15, 0.2) is 0 Å². The predicted octanol–water partition coefficient (Wildman–Crippen LogP) is 0.809. The average Bonchev–Trinajstić information content (AvgIpc) is 2.19. The van der Waals surface area contributed by atoms with Crippen molar-refractivity contribution in [1.82, 2.24) is 4.98 Å². The maximum atomic E-state index is 12.0. The van der Waals surface area contributed by atoms with Gasteiger partial charge in [-0.25, -0.2) is 4.79 Å². The maximum absolute atomic E-state index is 12.0. The van der Waals surface area contributed by atoms with Crippen molar-refractivity contribution in [2.45, 2.75) is 12.8 Å². The molecule has 19 heavy (non-hydrogen) atoms. The number of halogens is 3. The lowest BCUT2D eigenvalue weighted by atomic mass is 10.2. The van der Waals surface area contributed by atoms with Crippen molar-refractivity contribution in [2.24, 2.45) is 0 Å². The number of aromatic nitrogens is 1. The molecule has 2 N–H and O–H groups in total. The quantitative estimate of drug-likeness (QED) is 0.622. The Kier molecular flexibility index (Phi) is 3.77. The first kappa shape index (κ1) is 14.5. The monoisotopic (exact) mass is 282 g/mol. The molecule has 0 radical (unpaired) electrons. The molecule has 0 fully saturated rings. The number of nitro groups is 1. The summed E-state index contributed by atoms with van der Waals surface area (Å²) in [5.74, 6) is -4.08. The molecule has 104 valence electrons. The van der Waals surface area contributed by atoms with Gasteiger partial charge in [-0.3, -0.25) is 4.79 Å². The SMILES string of the molecule is O=C(O)Cc1cc(OC(F)(F)F)c([N+](=O)[O-])[nH]c1=O. The van der Waals surface area contributed by atoms with Crippen molar-refractivity contribution in [3.05, 3.63) is 32.1 Å². The number of carboxylic acid groups (broad SMARTS) is 1. The fourth-order valence-electron chi connectivity index (χ4n) is 1.17. The van der Waals surface area contributed by atoms with E-state index in [0.29, 0.717) is 6.07 Å². The highest BCUT2D eigenvalue weighted by atomic mass is 19.4. The van der Waals surface area contributed by atoms with E-state index in [9.17, 15) is 32.9 Å². The number of pyridine rings is 1. The molecule has 8 nitrogen and oxygen atoms in total. The van der Waals surface area contributed by atoms with Gasteiger partial charge in [0.2, 0.25) is 5.75 Å². The molecule has 0 unspecified atom stereocenters. The minimum atomic E-state index is -5.22. The Morgan fingerprint density at radius 1 is 1.53 bits per heavy atom. The lowest BCUT2D eigenvalue weighted by molar-refractivity contribution is -0.393. The summed E-state index contributed by atoms with van der Waals surface area (Å²) in [5, 5.41) is 18.9. The number of aliphatic carboxylic acids is 1. The van der Waals surface area contributed by atoms with Gasteiger partial charge >= 0.3 is 23.7 Å². The Labute approximate surface area is 101 Å². The van der Waals surface area contributed by atoms with Gasteiger partial charge in [-0.1, -0.05) is 0 Å². The van der Waals surface area contributed by atoms with Gasteiger partial charge in [0.1, 0.15) is 0 Å². The van der Waals surface area contributed by atoms with Crippen LogP contribution < -0.4 is 10.3 Å². The van der Waals surface area contributed by atoms with Gasteiger partial charge in [0.25, 0.3) is 0 Å². The molecule has 1 heterocycles. The van der Waals surface area contributed by atoms with Crippen LogP contribution in [0.2, 0.25) is 0 Å². The molecule has 0 amide bonds. The summed E-state index contributed by atoms with van der Waals surface area (Å²) in [6, 6.07) is 0.374. The molecule has 0 aliphatic rings. The zero-order chi connectivity index (χ0) is 14.8. The molecule has 1 aromatic rings. The lowest BCUT2D eigenvalue weighted by Gasteiger charge is -2.09. The summed E-state index contributed by atoms with van der Waals surface area (Å²) in [6.07, 6.45) is -6.12. The minimum Gasteiger partial charge on any atom is -0.481 e. The molecule has 0 spiro atoms. The largest absolute Gasteiger partial charge is 0.573 e. The van der Waals surface area contributed by atoms with Gasteiger partial charge in [-0.05, 0) is 4.92 Å². The second-order valence-corrected chi connectivity index (χ2v) is 3.21. The van der Waals surface area contributed by atoms with Crippen LogP contribution in [0.15, 0.2) is 10.9 Å². The number of alkyl halides is 3. The first-order valence-corrected chi connectivity index (χ1v) is 4.48. The van der Waals surface area contributed by atoms with Crippen molar-refractivity contribution < 1.29 is 32.7 Å². The summed E-state index contributed by atoms with van der Waals surface area (Å²) in [5.41, 5.74) is -1.78. The fraction of sp³-hybridized carbons (Fsp3) is 0.250. The van der Waals surface area contributed by atoms with Crippen LogP contribution in [0.1, 0.15) is 5.56 Å². The normalized spacial score (nSPS) is 11.1. The first-order valence-electron chi connectivity index (χ1n) is 4.48. The van der Waals surface area contributed by atoms with E-state index in [1.54, 1.807) is 0 Å². The summed E-state index contributed by atoms with van der Waals surface area (Å²) in [4.78, 5) is 32.3. The number of ether oxygens (including phenoxy) is 1. The van der Waals surface area contributed by atoms with Gasteiger partial charge in [-0.2, -0.15) is 4.98 Å². The Bertz CT molecular complexity index is 579. The average molecular weight is 282 g/mol. The molecule has 0 bridgehead atoms. The van der Waals surface area contributed by atoms with Crippen molar-refractivity contribution in [1.29, 1.82) is 0 Å². The number of rotatable bonds is 4. The third kappa shape index (κ3) is 3.97. The number of H-pyrrole nitrogens is 1. The molecule has 11 heteroatoms. The number of hydrogen-bond acceptors (Lipinski definition) is 5. The Balaban J connectivity index is 3.35.